The number of piperidine rings is 1. The normalized spacial score (nSPS) is 28.8. The third kappa shape index (κ3) is 2.38. The summed E-state index contributed by atoms with van der Waals surface area (Å²) in [5.74, 6) is -2.58. The van der Waals surface area contributed by atoms with Crippen LogP contribution in [-0.4, -0.2) is 31.6 Å². The number of rotatable bonds is 3. The van der Waals surface area contributed by atoms with E-state index in [1.54, 1.807) is 0 Å². The fourth-order valence-corrected chi connectivity index (χ4v) is 1.41. The molecule has 0 saturated carbocycles. The number of hydrogen-bond donors (Lipinski definition) is 2. The molecule has 0 radical (unpaired) electrons. The Labute approximate surface area is 71.7 Å². The highest BCUT2D eigenvalue weighted by molar-refractivity contribution is 4.89. The Morgan fingerprint density at radius 3 is 2.92 bits per heavy atom. The van der Waals surface area contributed by atoms with Gasteiger partial charge in [0, 0.05) is 0 Å². The monoisotopic (exact) mass is 178 g/mol. The van der Waals surface area contributed by atoms with E-state index in [1.807, 2.05) is 6.92 Å². The second-order valence-corrected chi connectivity index (χ2v) is 3.23. The molecule has 1 aliphatic heterocycles. The van der Waals surface area contributed by atoms with E-state index in [2.05, 4.69) is 10.6 Å². The van der Waals surface area contributed by atoms with Crippen molar-refractivity contribution in [2.45, 2.75) is 31.7 Å². The molecule has 0 spiro atoms. The van der Waals surface area contributed by atoms with E-state index < -0.39 is 12.0 Å². The molecule has 1 saturated heterocycles. The molecule has 0 aliphatic carbocycles. The first-order chi connectivity index (χ1) is 5.67. The Hall–Kier alpha value is -0.220. The summed E-state index contributed by atoms with van der Waals surface area (Å²) in [5.41, 5.74) is 0. The molecule has 1 unspecified atom stereocenters. The fraction of sp³-hybridized carbons (Fsp3) is 1.00. The van der Waals surface area contributed by atoms with Crippen LogP contribution in [0.4, 0.5) is 8.78 Å². The van der Waals surface area contributed by atoms with Crippen LogP contribution in [0.15, 0.2) is 0 Å². The molecule has 0 aromatic rings. The van der Waals surface area contributed by atoms with Gasteiger partial charge < -0.3 is 10.6 Å². The maximum atomic E-state index is 13.1. The van der Waals surface area contributed by atoms with Crippen LogP contribution in [0.5, 0.6) is 0 Å². The first-order valence-electron chi connectivity index (χ1n) is 4.48. The van der Waals surface area contributed by atoms with E-state index in [-0.39, 0.29) is 6.54 Å². The highest BCUT2D eigenvalue weighted by Gasteiger charge is 2.40. The average Bonchev–Trinajstić information content (AvgIpc) is 2.02. The van der Waals surface area contributed by atoms with Gasteiger partial charge in [-0.1, -0.05) is 6.92 Å². The molecular formula is C8H16F2N2. The molecule has 72 valence electrons. The van der Waals surface area contributed by atoms with Crippen LogP contribution in [0.3, 0.4) is 0 Å². The van der Waals surface area contributed by atoms with E-state index in [0.29, 0.717) is 19.5 Å². The minimum atomic E-state index is -2.58. The Morgan fingerprint density at radius 1 is 1.58 bits per heavy atom. The van der Waals surface area contributed by atoms with Crippen LogP contribution in [-0.2, 0) is 0 Å². The van der Waals surface area contributed by atoms with Gasteiger partial charge in [-0.05, 0) is 25.9 Å². The van der Waals surface area contributed by atoms with Gasteiger partial charge in [0.05, 0.1) is 12.6 Å². The minimum absolute atomic E-state index is 0.186. The van der Waals surface area contributed by atoms with Crippen molar-refractivity contribution in [1.82, 2.24) is 10.6 Å². The van der Waals surface area contributed by atoms with Gasteiger partial charge >= 0.3 is 0 Å². The second-order valence-electron chi connectivity index (χ2n) is 3.23. The van der Waals surface area contributed by atoms with Crippen LogP contribution in [0, 0.1) is 0 Å². The van der Waals surface area contributed by atoms with Crippen LogP contribution in [0.25, 0.3) is 0 Å². The molecule has 1 rings (SSSR count). The van der Waals surface area contributed by atoms with Gasteiger partial charge in [0.1, 0.15) is 0 Å². The predicted octanol–water partition coefficient (Wildman–Crippen LogP) is 0.983. The van der Waals surface area contributed by atoms with Crippen LogP contribution in [0.1, 0.15) is 19.8 Å². The topological polar surface area (TPSA) is 24.1 Å². The highest BCUT2D eigenvalue weighted by Crippen LogP contribution is 2.22. The van der Waals surface area contributed by atoms with Crippen LogP contribution < -0.4 is 10.6 Å². The Kier molecular flexibility index (Phi) is 3.40. The third-order valence-corrected chi connectivity index (χ3v) is 2.12. The summed E-state index contributed by atoms with van der Waals surface area (Å²) in [6.45, 7) is 3.16. The second kappa shape index (κ2) is 4.14. The molecule has 0 amide bonds. The lowest BCUT2D eigenvalue weighted by Crippen LogP contribution is -2.55. The first-order valence-corrected chi connectivity index (χ1v) is 4.48. The molecule has 2 nitrogen and oxygen atoms in total. The van der Waals surface area contributed by atoms with Gasteiger partial charge in [-0.2, -0.15) is 0 Å². The first kappa shape index (κ1) is 9.86. The summed E-state index contributed by atoms with van der Waals surface area (Å²) in [6, 6.07) is -0.626. The molecule has 0 aromatic heterocycles. The van der Waals surface area contributed by atoms with Crippen LogP contribution >= 0.6 is 0 Å². The number of nitrogens with one attached hydrogen (secondary N) is 2. The number of hydrogen-bond acceptors (Lipinski definition) is 2. The lowest BCUT2D eigenvalue weighted by atomic mass is 10.0. The summed E-state index contributed by atoms with van der Waals surface area (Å²) >= 11 is 0. The molecule has 1 heterocycles. The van der Waals surface area contributed by atoms with Crippen molar-refractivity contribution >= 4 is 0 Å². The minimum Gasteiger partial charge on any atom is -0.311 e. The maximum Gasteiger partial charge on any atom is 0.275 e. The molecule has 1 aliphatic rings. The summed E-state index contributed by atoms with van der Waals surface area (Å²) in [5, 5.41) is 5.56. The fourth-order valence-electron chi connectivity index (χ4n) is 1.41. The molecule has 2 N–H and O–H groups in total. The van der Waals surface area contributed by atoms with Crippen molar-refractivity contribution in [3.63, 3.8) is 0 Å². The lowest BCUT2D eigenvalue weighted by Gasteiger charge is -2.32. The molecule has 0 aromatic carbocycles. The smallest absolute Gasteiger partial charge is 0.275 e. The third-order valence-electron chi connectivity index (χ3n) is 2.12. The highest BCUT2D eigenvalue weighted by atomic mass is 19.3. The summed E-state index contributed by atoms with van der Waals surface area (Å²) in [6.07, 6.45) is 1.42. The number of halogens is 2. The van der Waals surface area contributed by atoms with Crippen molar-refractivity contribution in [1.29, 1.82) is 0 Å². The van der Waals surface area contributed by atoms with Crippen molar-refractivity contribution in [3.05, 3.63) is 0 Å². The lowest BCUT2D eigenvalue weighted by molar-refractivity contribution is -0.0510. The van der Waals surface area contributed by atoms with E-state index in [9.17, 15) is 8.78 Å². The van der Waals surface area contributed by atoms with Crippen molar-refractivity contribution in [2.75, 3.05) is 19.6 Å². The standard InChI is InChI=1S/C8H16F2N2/c1-2-4-12-7-3-5-11-6-8(7,9)10/h7,11-12H,2-6H2,1H3. The van der Waals surface area contributed by atoms with Gasteiger partial charge in [-0.3, -0.25) is 0 Å². The quantitative estimate of drug-likeness (QED) is 0.673. The average molecular weight is 178 g/mol. The van der Waals surface area contributed by atoms with Crippen LogP contribution in [0.2, 0.25) is 0 Å². The van der Waals surface area contributed by atoms with E-state index in [4.69, 9.17) is 0 Å². The Morgan fingerprint density at radius 2 is 2.33 bits per heavy atom. The van der Waals surface area contributed by atoms with Gasteiger partial charge in [0.15, 0.2) is 0 Å². The SMILES string of the molecule is CCCNC1CCNCC1(F)F. The van der Waals surface area contributed by atoms with Crippen molar-refractivity contribution < 1.29 is 8.78 Å². The molecular weight excluding hydrogens is 162 g/mol. The predicted molar refractivity (Wildman–Crippen MR) is 44.5 cm³/mol. The zero-order chi connectivity index (χ0) is 9.03. The van der Waals surface area contributed by atoms with E-state index in [0.717, 1.165) is 6.42 Å². The molecule has 1 fully saturated rings. The summed E-state index contributed by atoms with van der Waals surface area (Å²) in [4.78, 5) is 0. The van der Waals surface area contributed by atoms with E-state index >= 15 is 0 Å². The largest absolute Gasteiger partial charge is 0.311 e. The Balaban J connectivity index is 2.37. The molecule has 4 heteroatoms. The molecule has 1 atom stereocenters. The van der Waals surface area contributed by atoms with E-state index in [1.165, 1.54) is 0 Å². The zero-order valence-electron chi connectivity index (χ0n) is 7.37. The molecule has 0 bridgehead atoms. The summed E-state index contributed by atoms with van der Waals surface area (Å²) < 4.78 is 26.1. The van der Waals surface area contributed by atoms with Crippen molar-refractivity contribution in [2.24, 2.45) is 0 Å². The Bertz CT molecular complexity index is 139. The summed E-state index contributed by atoms with van der Waals surface area (Å²) in [7, 11) is 0. The molecule has 12 heavy (non-hydrogen) atoms. The zero-order valence-corrected chi connectivity index (χ0v) is 7.37. The number of alkyl halides is 2. The van der Waals surface area contributed by atoms with Gasteiger partial charge in [-0.15, -0.1) is 0 Å². The van der Waals surface area contributed by atoms with Gasteiger partial charge in [-0.25, -0.2) is 8.78 Å². The van der Waals surface area contributed by atoms with Gasteiger partial charge in [0.25, 0.3) is 5.92 Å². The van der Waals surface area contributed by atoms with Gasteiger partial charge in [0.2, 0.25) is 0 Å². The van der Waals surface area contributed by atoms with Crippen molar-refractivity contribution in [3.8, 4) is 0 Å². The maximum absolute atomic E-state index is 13.1.